The molecule has 3 nitrogen and oxygen atoms in total. The number of hydrogen-bond donors (Lipinski definition) is 0. The van der Waals surface area contributed by atoms with Crippen LogP contribution in [-0.4, -0.2) is 58.7 Å². The van der Waals surface area contributed by atoms with Gasteiger partial charge in [-0.25, -0.2) is 0 Å². The standard InChI is InChI=1S/3C8H10N.Bi.2ClH/c3*1-9(2)8-6-4-3-5-7-8;;;/h3*4-7H,1-2H3;;2*1H/q;;;+2;;/p-2. The zero-order valence-corrected chi connectivity index (χ0v) is 23.5. The average Bonchev–Trinajstić information content (AvgIpc) is 2.74. The molecule has 0 bridgehead atoms. The van der Waals surface area contributed by atoms with Gasteiger partial charge in [0, 0.05) is 0 Å². The van der Waals surface area contributed by atoms with Gasteiger partial charge >= 0.3 is 190 Å². The molecule has 0 unspecified atom stereocenters. The van der Waals surface area contributed by atoms with Crippen LogP contribution in [-0.2, 0) is 0 Å². The van der Waals surface area contributed by atoms with Crippen LogP contribution >= 0.6 is 17.0 Å². The Hall–Kier alpha value is -1.48. The molecule has 0 atom stereocenters. The zero-order chi connectivity index (χ0) is 22.1. The molecular formula is C24H30BiCl2N3. The van der Waals surface area contributed by atoms with E-state index < -0.39 is 16.4 Å². The topological polar surface area (TPSA) is 9.72 Å². The van der Waals surface area contributed by atoms with Gasteiger partial charge in [0.15, 0.2) is 0 Å². The Bertz CT molecular complexity index is 864. The summed E-state index contributed by atoms with van der Waals surface area (Å²) in [5, 5.41) is 0. The molecule has 160 valence electrons. The van der Waals surface area contributed by atoms with Gasteiger partial charge in [0.25, 0.3) is 0 Å². The molecule has 3 aromatic rings. The van der Waals surface area contributed by atoms with E-state index in [0.29, 0.717) is 0 Å². The average molecular weight is 640 g/mol. The molecule has 0 N–H and O–H groups in total. The summed E-state index contributed by atoms with van der Waals surface area (Å²) < 4.78 is 3.06. The quantitative estimate of drug-likeness (QED) is 0.380. The Labute approximate surface area is 189 Å². The van der Waals surface area contributed by atoms with Gasteiger partial charge in [-0.3, -0.25) is 0 Å². The summed E-state index contributed by atoms with van der Waals surface area (Å²) in [7, 11) is 27.6. The van der Waals surface area contributed by atoms with Crippen molar-refractivity contribution in [2.75, 3.05) is 57.0 Å². The summed E-state index contributed by atoms with van der Waals surface area (Å²) in [6, 6.07) is 25.2. The second kappa shape index (κ2) is 8.57. The maximum atomic E-state index is 7.71. The van der Waals surface area contributed by atoms with Crippen molar-refractivity contribution in [1.29, 1.82) is 0 Å². The van der Waals surface area contributed by atoms with Crippen LogP contribution in [0, 0.1) is 0 Å². The molecule has 0 aliphatic heterocycles. The minimum absolute atomic E-state index is 1.02. The summed E-state index contributed by atoms with van der Waals surface area (Å²) in [5.41, 5.74) is 3.36. The first kappa shape index (κ1) is 23.2. The van der Waals surface area contributed by atoms with Gasteiger partial charge in [-0.05, 0) is 0 Å². The number of hydrogen-bond acceptors (Lipinski definition) is 3. The van der Waals surface area contributed by atoms with Crippen molar-refractivity contribution in [3.63, 3.8) is 0 Å². The molecule has 0 fully saturated rings. The molecule has 6 heteroatoms. The van der Waals surface area contributed by atoms with E-state index in [-0.39, 0.29) is 0 Å². The number of anilines is 3. The fraction of sp³-hybridized carbons (Fsp3) is 0.250. The number of nitrogens with zero attached hydrogens (tertiary/aromatic N) is 3. The van der Waals surface area contributed by atoms with E-state index in [1.807, 2.05) is 42.3 Å². The van der Waals surface area contributed by atoms with Crippen LogP contribution in [0.4, 0.5) is 17.1 Å². The van der Waals surface area contributed by atoms with Crippen LogP contribution < -0.4 is 24.5 Å². The first-order valence-electron chi connectivity index (χ1n) is 9.83. The monoisotopic (exact) mass is 639 g/mol. The predicted octanol–water partition coefficient (Wildman–Crippen LogP) is 3.78. The summed E-state index contributed by atoms with van der Waals surface area (Å²) in [4.78, 5) is 6.23. The van der Waals surface area contributed by atoms with Gasteiger partial charge < -0.3 is 0 Å². The zero-order valence-electron chi connectivity index (χ0n) is 18.5. The van der Waals surface area contributed by atoms with Crippen molar-refractivity contribution in [1.82, 2.24) is 0 Å². The Balaban J connectivity index is 2.24. The van der Waals surface area contributed by atoms with E-state index in [1.54, 1.807) is 0 Å². The van der Waals surface area contributed by atoms with Crippen LogP contribution in [0.15, 0.2) is 72.8 Å². The van der Waals surface area contributed by atoms with Gasteiger partial charge in [-0.1, -0.05) is 0 Å². The molecule has 0 aliphatic carbocycles. The van der Waals surface area contributed by atoms with Crippen molar-refractivity contribution in [3.8, 4) is 0 Å². The number of halogens is 2. The number of benzene rings is 3. The molecule has 0 radical (unpaired) electrons. The molecule has 0 amide bonds. The molecule has 0 heterocycles. The summed E-state index contributed by atoms with van der Waals surface area (Å²) in [6.07, 6.45) is 0. The molecule has 0 saturated heterocycles. The van der Waals surface area contributed by atoms with E-state index in [4.69, 9.17) is 17.0 Å². The Morgan fingerprint density at radius 2 is 0.633 bits per heavy atom. The van der Waals surface area contributed by atoms with Gasteiger partial charge in [0.1, 0.15) is 0 Å². The van der Waals surface area contributed by atoms with Gasteiger partial charge in [0.05, 0.1) is 0 Å². The fourth-order valence-electron chi connectivity index (χ4n) is 3.48. The van der Waals surface area contributed by atoms with Crippen molar-refractivity contribution in [3.05, 3.63) is 72.8 Å². The molecule has 0 saturated carbocycles. The third-order valence-electron chi connectivity index (χ3n) is 5.46. The fourth-order valence-corrected chi connectivity index (χ4v) is 20.7. The molecule has 3 rings (SSSR count). The van der Waals surface area contributed by atoms with Crippen LogP contribution in [0.2, 0.25) is 0 Å². The Morgan fingerprint density at radius 1 is 0.433 bits per heavy atom. The molecule has 0 aliphatic rings. The summed E-state index contributed by atoms with van der Waals surface area (Å²) in [6.45, 7) is 0. The summed E-state index contributed by atoms with van der Waals surface area (Å²) in [5.74, 6) is 0. The van der Waals surface area contributed by atoms with Gasteiger partial charge in [-0.15, -0.1) is 0 Å². The third-order valence-corrected chi connectivity index (χ3v) is 29.8. The minimum atomic E-state index is -4.88. The van der Waals surface area contributed by atoms with Crippen molar-refractivity contribution >= 4 is 60.3 Å². The Morgan fingerprint density at radius 3 is 0.800 bits per heavy atom. The van der Waals surface area contributed by atoms with Crippen LogP contribution in [0.25, 0.3) is 0 Å². The normalized spacial score (nSPS) is 12.7. The number of rotatable bonds is 6. The third kappa shape index (κ3) is 4.15. The first-order valence-corrected chi connectivity index (χ1v) is 23.6. The van der Waals surface area contributed by atoms with Crippen LogP contribution in [0.5, 0.6) is 0 Å². The second-order valence-corrected chi connectivity index (χ2v) is 34.6. The molecule has 0 spiro atoms. The van der Waals surface area contributed by atoms with E-state index in [2.05, 4.69) is 87.5 Å². The van der Waals surface area contributed by atoms with Crippen molar-refractivity contribution in [2.24, 2.45) is 0 Å². The summed E-state index contributed by atoms with van der Waals surface area (Å²) >= 11 is -4.88. The van der Waals surface area contributed by atoms with Crippen LogP contribution in [0.3, 0.4) is 0 Å². The molecule has 3 aromatic carbocycles. The van der Waals surface area contributed by atoms with E-state index in [1.165, 1.54) is 0 Å². The molecular weight excluding hydrogens is 610 g/mol. The molecule has 30 heavy (non-hydrogen) atoms. The van der Waals surface area contributed by atoms with Gasteiger partial charge in [0.2, 0.25) is 0 Å². The second-order valence-electron chi connectivity index (χ2n) is 8.14. The van der Waals surface area contributed by atoms with Gasteiger partial charge in [-0.2, -0.15) is 0 Å². The molecule has 0 aromatic heterocycles. The maximum absolute atomic E-state index is 7.71. The van der Waals surface area contributed by atoms with E-state index in [0.717, 1.165) is 26.9 Å². The van der Waals surface area contributed by atoms with E-state index in [9.17, 15) is 0 Å². The van der Waals surface area contributed by atoms with E-state index >= 15 is 0 Å². The Kier molecular flexibility index (Phi) is 6.63. The SMILES string of the molecule is CN(C)c1cc[c]([Bi]([Cl])([Cl])([c]2ccc(N(C)C)cc2)[c]2ccc(N(C)C)cc2)cc1. The van der Waals surface area contributed by atoms with Crippen molar-refractivity contribution < 1.29 is 0 Å². The van der Waals surface area contributed by atoms with Crippen molar-refractivity contribution in [2.45, 2.75) is 0 Å². The predicted molar refractivity (Wildman–Crippen MR) is 139 cm³/mol. The first-order chi connectivity index (χ1) is 14.0. The van der Waals surface area contributed by atoms with Crippen LogP contribution in [0.1, 0.15) is 0 Å².